The van der Waals surface area contributed by atoms with Crippen LogP contribution in [0, 0.1) is 0 Å². The fourth-order valence-corrected chi connectivity index (χ4v) is 2.44. The van der Waals surface area contributed by atoms with Crippen LogP contribution >= 0.6 is 0 Å². The maximum atomic E-state index is 12.4. The fourth-order valence-electron chi connectivity index (χ4n) is 2.44. The monoisotopic (exact) mass is 313 g/mol. The van der Waals surface area contributed by atoms with Crippen molar-refractivity contribution in [2.24, 2.45) is 0 Å². The van der Waals surface area contributed by atoms with E-state index < -0.39 is 6.10 Å². The molecule has 0 aromatic heterocycles. The number of carbonyl (C=O) groups excluding carboxylic acids is 1. The van der Waals surface area contributed by atoms with Crippen LogP contribution in [0.2, 0.25) is 0 Å². The third kappa shape index (κ3) is 5.51. The van der Waals surface area contributed by atoms with Gasteiger partial charge in [0.2, 0.25) is 0 Å². The second-order valence-corrected chi connectivity index (χ2v) is 5.47. The van der Waals surface area contributed by atoms with Crippen LogP contribution < -0.4 is 5.32 Å². The van der Waals surface area contributed by atoms with Crippen LogP contribution in [0.5, 0.6) is 0 Å². The molecule has 122 valence electrons. The highest BCUT2D eigenvalue weighted by molar-refractivity contribution is 5.95. The van der Waals surface area contributed by atoms with E-state index in [0.29, 0.717) is 18.5 Å². The molecule has 4 heteroatoms. The molecule has 0 aliphatic heterocycles. The summed E-state index contributed by atoms with van der Waals surface area (Å²) in [4.78, 5) is 12.4. The van der Waals surface area contributed by atoms with Gasteiger partial charge >= 0.3 is 0 Å². The van der Waals surface area contributed by atoms with E-state index in [1.165, 1.54) is 5.56 Å². The molecule has 0 radical (unpaired) electrons. The number of nitrogens with one attached hydrogen (secondary N) is 1. The van der Waals surface area contributed by atoms with E-state index in [1.807, 2.05) is 42.5 Å². The number of hydrogen-bond donors (Lipinski definition) is 2. The molecule has 1 atom stereocenters. The van der Waals surface area contributed by atoms with Crippen molar-refractivity contribution in [2.45, 2.75) is 18.9 Å². The number of aliphatic hydroxyl groups excluding tert-OH is 1. The normalized spacial score (nSPS) is 11.9. The first kappa shape index (κ1) is 17.2. The largest absolute Gasteiger partial charge is 0.391 e. The zero-order chi connectivity index (χ0) is 16.5. The number of benzene rings is 2. The van der Waals surface area contributed by atoms with Crippen molar-refractivity contribution < 1.29 is 14.6 Å². The highest BCUT2D eigenvalue weighted by Crippen LogP contribution is 2.14. The Morgan fingerprint density at radius 3 is 2.57 bits per heavy atom. The molecule has 2 aromatic rings. The second kappa shape index (κ2) is 9.08. The van der Waals surface area contributed by atoms with E-state index in [-0.39, 0.29) is 12.5 Å². The van der Waals surface area contributed by atoms with Crippen LogP contribution in [0.1, 0.15) is 27.9 Å². The first-order valence-corrected chi connectivity index (χ1v) is 7.77. The molecule has 0 spiro atoms. The Balaban J connectivity index is 1.97. The molecular formula is C19H23NO3. The number of rotatable bonds is 8. The van der Waals surface area contributed by atoms with Gasteiger partial charge in [0.25, 0.3) is 5.91 Å². The minimum Gasteiger partial charge on any atom is -0.391 e. The topological polar surface area (TPSA) is 58.6 Å². The van der Waals surface area contributed by atoms with E-state index in [1.54, 1.807) is 7.11 Å². The summed E-state index contributed by atoms with van der Waals surface area (Å²) < 4.78 is 4.87. The van der Waals surface area contributed by atoms with Crippen molar-refractivity contribution >= 4 is 5.91 Å². The average Bonchev–Trinajstić information content (AvgIpc) is 2.56. The SMILES string of the molecule is COCC(O)CCNC(=O)c1ccccc1Cc1ccccc1. The number of carbonyl (C=O) groups is 1. The summed E-state index contributed by atoms with van der Waals surface area (Å²) in [5, 5.41) is 12.5. The Labute approximate surface area is 137 Å². The van der Waals surface area contributed by atoms with Crippen molar-refractivity contribution in [2.75, 3.05) is 20.3 Å². The van der Waals surface area contributed by atoms with Gasteiger partial charge in [-0.15, -0.1) is 0 Å². The lowest BCUT2D eigenvalue weighted by Crippen LogP contribution is -2.29. The number of aliphatic hydroxyl groups is 1. The number of methoxy groups -OCH3 is 1. The third-order valence-corrected chi connectivity index (χ3v) is 3.62. The summed E-state index contributed by atoms with van der Waals surface area (Å²) in [6, 6.07) is 17.7. The number of amides is 1. The van der Waals surface area contributed by atoms with Crippen molar-refractivity contribution in [3.8, 4) is 0 Å². The summed E-state index contributed by atoms with van der Waals surface area (Å²) in [7, 11) is 1.54. The number of ether oxygens (including phenoxy) is 1. The minimum absolute atomic E-state index is 0.110. The van der Waals surface area contributed by atoms with Crippen LogP contribution in [0.25, 0.3) is 0 Å². The Kier molecular flexibility index (Phi) is 6.78. The fraction of sp³-hybridized carbons (Fsp3) is 0.316. The molecule has 2 aromatic carbocycles. The van der Waals surface area contributed by atoms with E-state index in [4.69, 9.17) is 4.74 Å². The van der Waals surface area contributed by atoms with Gasteiger partial charge in [-0.3, -0.25) is 4.79 Å². The molecule has 0 saturated carbocycles. The van der Waals surface area contributed by atoms with Crippen molar-refractivity contribution in [1.29, 1.82) is 0 Å². The number of hydrogen-bond acceptors (Lipinski definition) is 3. The molecule has 23 heavy (non-hydrogen) atoms. The minimum atomic E-state index is -0.556. The Morgan fingerprint density at radius 1 is 1.13 bits per heavy atom. The highest BCUT2D eigenvalue weighted by Gasteiger charge is 2.11. The van der Waals surface area contributed by atoms with E-state index >= 15 is 0 Å². The van der Waals surface area contributed by atoms with E-state index in [0.717, 1.165) is 12.0 Å². The molecule has 2 rings (SSSR count). The smallest absolute Gasteiger partial charge is 0.251 e. The van der Waals surface area contributed by atoms with Crippen LogP contribution in [0.3, 0.4) is 0 Å². The summed E-state index contributed by atoms with van der Waals surface area (Å²) in [5.41, 5.74) is 2.84. The zero-order valence-corrected chi connectivity index (χ0v) is 13.4. The maximum Gasteiger partial charge on any atom is 0.251 e. The van der Waals surface area contributed by atoms with Gasteiger partial charge < -0.3 is 15.2 Å². The Morgan fingerprint density at radius 2 is 1.83 bits per heavy atom. The Bertz CT molecular complexity index is 613. The molecule has 2 N–H and O–H groups in total. The summed E-state index contributed by atoms with van der Waals surface area (Å²) >= 11 is 0. The standard InChI is InChI=1S/C19H23NO3/c1-23-14-17(21)11-12-20-19(22)18-10-6-5-9-16(18)13-15-7-3-2-4-8-15/h2-10,17,21H,11-14H2,1H3,(H,20,22). The Hall–Kier alpha value is -2.17. The van der Waals surface area contributed by atoms with Gasteiger partial charge in [-0.1, -0.05) is 48.5 Å². The first-order valence-electron chi connectivity index (χ1n) is 7.77. The van der Waals surface area contributed by atoms with Crippen molar-refractivity contribution in [3.05, 3.63) is 71.3 Å². The van der Waals surface area contributed by atoms with Crippen molar-refractivity contribution in [3.63, 3.8) is 0 Å². The molecule has 0 fully saturated rings. The maximum absolute atomic E-state index is 12.4. The quantitative estimate of drug-likeness (QED) is 0.787. The van der Waals surface area contributed by atoms with Gasteiger partial charge in [-0.05, 0) is 30.0 Å². The van der Waals surface area contributed by atoms with Crippen LogP contribution in [-0.4, -0.2) is 37.4 Å². The molecule has 0 bridgehead atoms. The van der Waals surface area contributed by atoms with Gasteiger partial charge in [0.15, 0.2) is 0 Å². The second-order valence-electron chi connectivity index (χ2n) is 5.47. The van der Waals surface area contributed by atoms with Crippen LogP contribution in [-0.2, 0) is 11.2 Å². The van der Waals surface area contributed by atoms with Crippen molar-refractivity contribution in [1.82, 2.24) is 5.32 Å². The van der Waals surface area contributed by atoms with Gasteiger partial charge in [-0.2, -0.15) is 0 Å². The molecule has 0 saturated heterocycles. The van der Waals surface area contributed by atoms with Gasteiger partial charge in [-0.25, -0.2) is 0 Å². The predicted molar refractivity (Wildman–Crippen MR) is 90.5 cm³/mol. The highest BCUT2D eigenvalue weighted by atomic mass is 16.5. The molecule has 4 nitrogen and oxygen atoms in total. The van der Waals surface area contributed by atoms with E-state index in [2.05, 4.69) is 17.4 Å². The molecular weight excluding hydrogens is 290 g/mol. The van der Waals surface area contributed by atoms with Crippen LogP contribution in [0.15, 0.2) is 54.6 Å². The third-order valence-electron chi connectivity index (χ3n) is 3.62. The molecule has 1 amide bonds. The average molecular weight is 313 g/mol. The molecule has 1 unspecified atom stereocenters. The van der Waals surface area contributed by atoms with Gasteiger partial charge in [0.05, 0.1) is 12.7 Å². The first-order chi connectivity index (χ1) is 11.2. The predicted octanol–water partition coefficient (Wildman–Crippen LogP) is 2.40. The lowest BCUT2D eigenvalue weighted by atomic mass is 9.99. The lowest BCUT2D eigenvalue weighted by Gasteiger charge is -2.12. The van der Waals surface area contributed by atoms with Gasteiger partial charge in [0, 0.05) is 19.2 Å². The molecule has 0 aliphatic rings. The summed E-state index contributed by atoms with van der Waals surface area (Å²) in [6.07, 6.45) is 0.636. The zero-order valence-electron chi connectivity index (χ0n) is 13.4. The van der Waals surface area contributed by atoms with Gasteiger partial charge in [0.1, 0.15) is 0 Å². The molecule has 0 aliphatic carbocycles. The summed E-state index contributed by atoms with van der Waals surface area (Å²) in [6.45, 7) is 0.698. The summed E-state index contributed by atoms with van der Waals surface area (Å²) in [5.74, 6) is -0.110. The molecule has 0 heterocycles. The lowest BCUT2D eigenvalue weighted by molar-refractivity contribution is 0.0587. The van der Waals surface area contributed by atoms with E-state index in [9.17, 15) is 9.90 Å². The van der Waals surface area contributed by atoms with Crippen LogP contribution in [0.4, 0.5) is 0 Å².